The summed E-state index contributed by atoms with van der Waals surface area (Å²) < 4.78 is 11.0. The molecule has 6 heteroatoms. The number of ether oxygens (including phenoxy) is 2. The Hall–Kier alpha value is -3.05. The van der Waals surface area contributed by atoms with Gasteiger partial charge in [0.1, 0.15) is 5.75 Å². The van der Waals surface area contributed by atoms with E-state index in [4.69, 9.17) is 21.1 Å². The molecule has 2 aliphatic rings. The summed E-state index contributed by atoms with van der Waals surface area (Å²) in [5, 5.41) is 4.02. The van der Waals surface area contributed by atoms with Gasteiger partial charge in [-0.15, -0.1) is 0 Å². The number of methoxy groups -OCH3 is 1. The normalized spacial score (nSPS) is 20.6. The van der Waals surface area contributed by atoms with Crippen LogP contribution in [0.2, 0.25) is 5.02 Å². The molecule has 0 amide bonds. The predicted molar refractivity (Wildman–Crippen MR) is 124 cm³/mol. The Morgan fingerprint density at radius 2 is 1.84 bits per heavy atom. The fraction of sp³-hybridized carbons (Fsp3) is 0.308. The minimum absolute atomic E-state index is 0.0175. The SMILES string of the molecule is CCOC(=O)C1=C(C)NC2=C(C(=O)C[C@@H](c3ccc(Cl)cc3)C2)[C@@H]1c1ccccc1OC. The van der Waals surface area contributed by atoms with Crippen molar-refractivity contribution in [3.05, 3.63) is 87.2 Å². The number of hydrogen-bond donors (Lipinski definition) is 1. The summed E-state index contributed by atoms with van der Waals surface area (Å²) in [6.45, 7) is 3.89. The average molecular weight is 452 g/mol. The summed E-state index contributed by atoms with van der Waals surface area (Å²) in [7, 11) is 1.59. The van der Waals surface area contributed by atoms with Gasteiger partial charge in [-0.2, -0.15) is 0 Å². The molecule has 1 aliphatic heterocycles. The Kier molecular flexibility index (Phi) is 6.38. The van der Waals surface area contributed by atoms with E-state index < -0.39 is 11.9 Å². The molecule has 0 saturated carbocycles. The van der Waals surface area contributed by atoms with Crippen LogP contribution in [0.1, 0.15) is 49.7 Å². The van der Waals surface area contributed by atoms with E-state index in [9.17, 15) is 9.59 Å². The second kappa shape index (κ2) is 9.21. The highest BCUT2D eigenvalue weighted by Gasteiger charge is 2.42. The maximum absolute atomic E-state index is 13.6. The minimum atomic E-state index is -0.542. The fourth-order valence-electron chi connectivity index (χ4n) is 4.71. The Labute approximate surface area is 193 Å². The van der Waals surface area contributed by atoms with Gasteiger partial charge in [-0.1, -0.05) is 41.9 Å². The maximum Gasteiger partial charge on any atom is 0.336 e. The number of dihydropyridines is 1. The quantitative estimate of drug-likeness (QED) is 0.627. The second-order valence-corrected chi connectivity index (χ2v) is 8.47. The van der Waals surface area contributed by atoms with Crippen molar-refractivity contribution < 1.29 is 19.1 Å². The van der Waals surface area contributed by atoms with Gasteiger partial charge < -0.3 is 14.8 Å². The third-order valence-electron chi connectivity index (χ3n) is 6.11. The maximum atomic E-state index is 13.6. The number of Topliss-reactive ketones (excluding diaryl/α,β-unsaturated/α-hetero) is 1. The standard InChI is InChI=1S/C26H26ClNO4/c1-4-32-26(30)23-15(2)28-20-13-17(16-9-11-18(27)12-10-16)14-21(29)25(20)24(23)19-7-5-6-8-22(19)31-3/h5-12,17,24,28H,4,13-14H2,1-3H3/t17-,24+/m0/s1. The number of benzene rings is 2. The van der Waals surface area contributed by atoms with Crippen molar-refractivity contribution in [2.24, 2.45) is 0 Å². The minimum Gasteiger partial charge on any atom is -0.496 e. The fourth-order valence-corrected chi connectivity index (χ4v) is 4.83. The molecule has 0 saturated heterocycles. The number of carbonyl (C=O) groups is 2. The van der Waals surface area contributed by atoms with Crippen molar-refractivity contribution in [2.45, 2.75) is 38.5 Å². The van der Waals surface area contributed by atoms with Crippen molar-refractivity contribution in [1.82, 2.24) is 5.32 Å². The highest BCUT2D eigenvalue weighted by atomic mass is 35.5. The molecule has 32 heavy (non-hydrogen) atoms. The lowest BCUT2D eigenvalue weighted by Crippen LogP contribution is -2.36. The van der Waals surface area contributed by atoms with Crippen LogP contribution in [-0.2, 0) is 14.3 Å². The number of esters is 1. The lowest BCUT2D eigenvalue weighted by Gasteiger charge is -2.37. The first-order valence-corrected chi connectivity index (χ1v) is 11.1. The molecular formula is C26H26ClNO4. The van der Waals surface area contributed by atoms with E-state index in [-0.39, 0.29) is 18.3 Å². The molecule has 166 valence electrons. The molecule has 0 radical (unpaired) electrons. The first-order chi connectivity index (χ1) is 15.4. The van der Waals surface area contributed by atoms with Crippen LogP contribution >= 0.6 is 11.6 Å². The third-order valence-corrected chi connectivity index (χ3v) is 6.37. The van der Waals surface area contributed by atoms with E-state index >= 15 is 0 Å². The van der Waals surface area contributed by atoms with Gasteiger partial charge in [0, 0.05) is 34.0 Å². The Balaban J connectivity index is 1.82. The van der Waals surface area contributed by atoms with Gasteiger partial charge in [-0.05, 0) is 49.9 Å². The van der Waals surface area contributed by atoms with Crippen LogP contribution in [0.3, 0.4) is 0 Å². The monoisotopic (exact) mass is 451 g/mol. The Morgan fingerprint density at radius 3 is 2.53 bits per heavy atom. The van der Waals surface area contributed by atoms with Gasteiger partial charge in [-0.25, -0.2) is 4.79 Å². The van der Waals surface area contributed by atoms with Gasteiger partial charge in [0.2, 0.25) is 0 Å². The van der Waals surface area contributed by atoms with Crippen LogP contribution in [0.25, 0.3) is 0 Å². The molecule has 1 aliphatic carbocycles. The summed E-state index contributed by atoms with van der Waals surface area (Å²) in [5.41, 5.74) is 4.47. The molecule has 0 spiro atoms. The molecule has 2 atom stereocenters. The molecule has 4 rings (SSSR count). The lowest BCUT2D eigenvalue weighted by molar-refractivity contribution is -0.138. The van der Waals surface area contributed by atoms with Gasteiger partial charge >= 0.3 is 5.97 Å². The van der Waals surface area contributed by atoms with E-state index in [1.54, 1.807) is 14.0 Å². The summed E-state index contributed by atoms with van der Waals surface area (Å²) in [6.07, 6.45) is 1.03. The van der Waals surface area contributed by atoms with Crippen LogP contribution in [0, 0.1) is 0 Å². The second-order valence-electron chi connectivity index (χ2n) is 8.03. The molecule has 2 aromatic carbocycles. The summed E-state index contributed by atoms with van der Waals surface area (Å²) in [5.74, 6) is -0.272. The third kappa shape index (κ3) is 4.05. The van der Waals surface area contributed by atoms with Gasteiger partial charge in [0.05, 0.1) is 25.2 Å². The van der Waals surface area contributed by atoms with Crippen molar-refractivity contribution in [3.63, 3.8) is 0 Å². The Morgan fingerprint density at radius 1 is 1.12 bits per heavy atom. The number of hydrogen-bond acceptors (Lipinski definition) is 5. The van der Waals surface area contributed by atoms with Crippen LogP contribution in [0.15, 0.2) is 71.1 Å². The highest BCUT2D eigenvalue weighted by Crippen LogP contribution is 2.47. The van der Waals surface area contributed by atoms with E-state index in [0.29, 0.717) is 40.5 Å². The van der Waals surface area contributed by atoms with Crippen molar-refractivity contribution in [2.75, 3.05) is 13.7 Å². The number of ketones is 1. The number of nitrogens with one attached hydrogen (secondary N) is 1. The van der Waals surface area contributed by atoms with Gasteiger partial charge in [-0.3, -0.25) is 4.79 Å². The van der Waals surface area contributed by atoms with Crippen LogP contribution in [0.4, 0.5) is 0 Å². The summed E-state index contributed by atoms with van der Waals surface area (Å²) in [6, 6.07) is 15.2. The average Bonchev–Trinajstić information content (AvgIpc) is 2.78. The lowest BCUT2D eigenvalue weighted by atomic mass is 9.71. The van der Waals surface area contributed by atoms with Crippen LogP contribution in [-0.4, -0.2) is 25.5 Å². The summed E-state index contributed by atoms with van der Waals surface area (Å²) >= 11 is 6.05. The molecule has 5 nitrogen and oxygen atoms in total. The number of carbonyl (C=O) groups excluding carboxylic acids is 2. The van der Waals surface area contributed by atoms with Crippen molar-refractivity contribution in [1.29, 1.82) is 0 Å². The molecular weight excluding hydrogens is 426 g/mol. The molecule has 1 N–H and O–H groups in total. The van der Waals surface area contributed by atoms with Crippen LogP contribution in [0.5, 0.6) is 5.75 Å². The first kappa shape index (κ1) is 22.2. The van der Waals surface area contributed by atoms with Crippen molar-refractivity contribution in [3.8, 4) is 5.75 Å². The van der Waals surface area contributed by atoms with E-state index in [0.717, 1.165) is 16.8 Å². The molecule has 2 aromatic rings. The zero-order chi connectivity index (χ0) is 22.8. The van der Waals surface area contributed by atoms with E-state index in [1.165, 1.54) is 0 Å². The molecule has 0 unspecified atom stereocenters. The highest BCUT2D eigenvalue weighted by molar-refractivity contribution is 6.30. The van der Waals surface area contributed by atoms with Gasteiger partial charge in [0.25, 0.3) is 0 Å². The zero-order valence-electron chi connectivity index (χ0n) is 18.4. The molecule has 0 aromatic heterocycles. The number of allylic oxidation sites excluding steroid dienone is 3. The first-order valence-electron chi connectivity index (χ1n) is 10.7. The molecule has 0 fully saturated rings. The number of rotatable bonds is 5. The zero-order valence-corrected chi connectivity index (χ0v) is 19.2. The predicted octanol–water partition coefficient (Wildman–Crippen LogP) is 5.27. The van der Waals surface area contributed by atoms with Gasteiger partial charge in [0.15, 0.2) is 5.78 Å². The molecule has 1 heterocycles. The topological polar surface area (TPSA) is 64.6 Å². The van der Waals surface area contributed by atoms with Crippen molar-refractivity contribution >= 4 is 23.4 Å². The summed E-state index contributed by atoms with van der Waals surface area (Å²) in [4.78, 5) is 26.5. The Bertz CT molecular complexity index is 1120. The van der Waals surface area contributed by atoms with E-state index in [1.807, 2.05) is 55.5 Å². The number of halogens is 1. The van der Waals surface area contributed by atoms with E-state index in [2.05, 4.69) is 5.32 Å². The van der Waals surface area contributed by atoms with Crippen LogP contribution < -0.4 is 10.1 Å². The smallest absolute Gasteiger partial charge is 0.336 e. The number of para-hydroxylation sites is 1. The molecule has 0 bridgehead atoms. The largest absolute Gasteiger partial charge is 0.496 e.